The van der Waals surface area contributed by atoms with Crippen molar-refractivity contribution in [1.82, 2.24) is 19.5 Å². The van der Waals surface area contributed by atoms with Gasteiger partial charge in [-0.15, -0.1) is 11.6 Å². The molecule has 0 aliphatic carbocycles. The van der Waals surface area contributed by atoms with Gasteiger partial charge in [0.1, 0.15) is 6.33 Å². The monoisotopic (exact) mass is 355 g/mol. The van der Waals surface area contributed by atoms with Crippen LogP contribution < -0.4 is 34.9 Å². The zero-order chi connectivity index (χ0) is 16.4. The fourth-order valence-electron chi connectivity index (χ4n) is 2.28. The minimum atomic E-state index is -1.01. The zero-order valence-electron chi connectivity index (χ0n) is 14.3. The van der Waals surface area contributed by atoms with Gasteiger partial charge in [0.05, 0.1) is 17.6 Å². The van der Waals surface area contributed by atoms with E-state index in [2.05, 4.69) is 20.3 Å². The van der Waals surface area contributed by atoms with E-state index in [1.54, 1.807) is 24.5 Å². The van der Waals surface area contributed by atoms with Gasteiger partial charge < -0.3 is 16.4 Å². The van der Waals surface area contributed by atoms with Crippen molar-refractivity contribution in [2.24, 2.45) is 0 Å². The molecule has 0 fully saturated rings. The van der Waals surface area contributed by atoms with E-state index in [4.69, 9.17) is 11.6 Å². The van der Waals surface area contributed by atoms with Gasteiger partial charge in [0.15, 0.2) is 17.0 Å². The Morgan fingerprint density at radius 1 is 1.38 bits per heavy atom. The van der Waals surface area contributed by atoms with E-state index in [9.17, 15) is 9.90 Å². The van der Waals surface area contributed by atoms with Crippen molar-refractivity contribution in [2.45, 2.75) is 18.8 Å². The van der Waals surface area contributed by atoms with Crippen LogP contribution in [0.4, 0.5) is 11.5 Å². The van der Waals surface area contributed by atoms with E-state index in [0.717, 1.165) is 0 Å². The number of hydrogen-bond acceptors (Lipinski definition) is 5. The average molecular weight is 356 g/mol. The van der Waals surface area contributed by atoms with Crippen LogP contribution in [-0.2, 0) is 6.54 Å². The second kappa shape index (κ2) is 7.94. The Morgan fingerprint density at radius 2 is 2.12 bits per heavy atom. The number of carbonyl (C=O) groups is 1. The fourth-order valence-corrected chi connectivity index (χ4v) is 2.43. The summed E-state index contributed by atoms with van der Waals surface area (Å²) in [6.07, 6.45) is 3.05. The molecule has 9 heteroatoms. The molecule has 0 saturated carbocycles. The number of imidazole rings is 1. The van der Waals surface area contributed by atoms with Gasteiger partial charge in [-0.25, -0.2) is 19.7 Å². The van der Waals surface area contributed by atoms with Gasteiger partial charge in [0, 0.05) is 11.9 Å². The van der Waals surface area contributed by atoms with Crippen LogP contribution in [0.2, 0.25) is 0 Å². The molecule has 0 aliphatic heterocycles. The number of aromatic carboxylic acids is 1. The van der Waals surface area contributed by atoms with E-state index in [1.807, 2.05) is 11.5 Å². The maximum Gasteiger partial charge on any atom is 1.00 e. The van der Waals surface area contributed by atoms with E-state index in [1.165, 1.54) is 12.4 Å². The average Bonchev–Trinajstić information content (AvgIpc) is 2.91. The number of hydrogen-bond donors (Lipinski definition) is 2. The summed E-state index contributed by atoms with van der Waals surface area (Å²) in [5, 5.41) is 12.2. The minimum absolute atomic E-state index is 0. The predicted molar refractivity (Wildman–Crippen MR) is 88.4 cm³/mol. The Labute approximate surface area is 166 Å². The van der Waals surface area contributed by atoms with Gasteiger partial charge in [-0.1, -0.05) is 12.1 Å². The normalized spacial score (nSPS) is 11.8. The molecule has 0 spiro atoms. The molecule has 0 radical (unpaired) electrons. The maximum absolute atomic E-state index is 11.3. The van der Waals surface area contributed by atoms with Crippen LogP contribution in [0, 0.1) is 0 Å². The number of carboxylic acids is 1. The van der Waals surface area contributed by atoms with Gasteiger partial charge in [-0.3, -0.25) is 0 Å². The molecule has 3 rings (SSSR count). The van der Waals surface area contributed by atoms with Crippen molar-refractivity contribution in [1.29, 1.82) is 0 Å². The Balaban J connectivity index is 0.00000156. The van der Waals surface area contributed by atoms with Crippen molar-refractivity contribution < 1.29 is 40.9 Å². The van der Waals surface area contributed by atoms with E-state index >= 15 is 0 Å². The Morgan fingerprint density at radius 3 is 2.83 bits per heavy atom. The Bertz CT molecular complexity index is 874. The number of nitrogens with one attached hydrogen (secondary N) is 1. The molecule has 0 bridgehead atoms. The molecule has 0 amide bonds. The Kier molecular flexibility index (Phi) is 6.17. The molecule has 2 aromatic heterocycles. The second-order valence-corrected chi connectivity index (χ2v) is 5.79. The minimum Gasteiger partial charge on any atom is -1.00 e. The Hall–Kier alpha value is -1.67. The maximum atomic E-state index is 11.3. The van der Waals surface area contributed by atoms with Gasteiger partial charge >= 0.3 is 35.5 Å². The van der Waals surface area contributed by atoms with E-state index in [-0.39, 0.29) is 41.9 Å². The van der Waals surface area contributed by atoms with Crippen LogP contribution >= 0.6 is 11.6 Å². The molecular weight excluding hydrogens is 341 g/mol. The first-order valence-electron chi connectivity index (χ1n) is 6.95. The van der Waals surface area contributed by atoms with Crippen LogP contribution in [0.25, 0.3) is 11.2 Å². The number of alkyl halides is 1. The molecular formula is C15H15ClN5NaO2. The topological polar surface area (TPSA) is 92.9 Å². The molecule has 2 heterocycles. The predicted octanol–water partition coefficient (Wildman–Crippen LogP) is 0.0119. The van der Waals surface area contributed by atoms with Gasteiger partial charge in [-0.2, -0.15) is 0 Å². The van der Waals surface area contributed by atoms with E-state index in [0.29, 0.717) is 29.2 Å². The quantitative estimate of drug-likeness (QED) is 0.495. The molecule has 1 aromatic carbocycles. The smallest absolute Gasteiger partial charge is 1.00 e. The summed E-state index contributed by atoms with van der Waals surface area (Å²) in [5.74, 6) is -0.565. The first-order valence-corrected chi connectivity index (χ1v) is 7.39. The first kappa shape index (κ1) is 18.7. The van der Waals surface area contributed by atoms with Crippen molar-refractivity contribution >= 4 is 40.2 Å². The van der Waals surface area contributed by atoms with E-state index < -0.39 is 5.97 Å². The third-order valence-corrected chi connectivity index (χ3v) is 3.40. The van der Waals surface area contributed by atoms with Crippen LogP contribution in [0.1, 0.15) is 18.7 Å². The molecule has 1 atom stereocenters. The van der Waals surface area contributed by atoms with Crippen molar-refractivity contribution in [3.63, 3.8) is 0 Å². The third-order valence-electron chi connectivity index (χ3n) is 3.26. The zero-order valence-corrected chi connectivity index (χ0v) is 16.0. The summed E-state index contributed by atoms with van der Waals surface area (Å²) < 4.78 is 1.84. The molecule has 24 heavy (non-hydrogen) atoms. The molecule has 1 unspecified atom stereocenters. The number of anilines is 2. The van der Waals surface area contributed by atoms with Crippen LogP contribution in [0.3, 0.4) is 0 Å². The summed E-state index contributed by atoms with van der Waals surface area (Å²) in [4.78, 5) is 24.0. The van der Waals surface area contributed by atoms with Crippen LogP contribution in [0.15, 0.2) is 36.9 Å². The summed E-state index contributed by atoms with van der Waals surface area (Å²) >= 11 is 6.02. The molecule has 0 saturated heterocycles. The molecule has 120 valence electrons. The SMILES string of the molecule is CC(Cl)Cn1cnc2c(Nc3ccccc3C(=O)O)ncnc21.[H-].[Na+]. The molecule has 2 N–H and O–H groups in total. The number of para-hydroxylation sites is 1. The summed E-state index contributed by atoms with van der Waals surface area (Å²) in [6.45, 7) is 2.46. The number of rotatable bonds is 5. The largest absolute Gasteiger partial charge is 1.00 e. The molecule has 3 aromatic rings. The van der Waals surface area contributed by atoms with Crippen LogP contribution in [-0.4, -0.2) is 36.0 Å². The number of carboxylic acid groups (broad SMARTS) is 1. The fraction of sp³-hybridized carbons (Fsp3) is 0.200. The number of aromatic nitrogens is 4. The second-order valence-electron chi connectivity index (χ2n) is 5.05. The van der Waals surface area contributed by atoms with Gasteiger partial charge in [0.25, 0.3) is 0 Å². The number of benzene rings is 1. The third kappa shape index (κ3) is 3.87. The van der Waals surface area contributed by atoms with Crippen molar-refractivity contribution in [3.8, 4) is 0 Å². The summed E-state index contributed by atoms with van der Waals surface area (Å²) in [5.41, 5.74) is 1.81. The number of nitrogens with zero attached hydrogens (tertiary/aromatic N) is 4. The molecule has 7 nitrogen and oxygen atoms in total. The first-order chi connectivity index (χ1) is 11.1. The van der Waals surface area contributed by atoms with Crippen molar-refractivity contribution in [3.05, 3.63) is 42.5 Å². The standard InChI is InChI=1S/C15H14ClN5O2.Na.H/c1-9(16)6-21-8-19-12-13(17-7-18-14(12)21)20-11-5-3-2-4-10(11)15(22)23;;/h2-5,7-9H,6H2,1H3,(H,22,23)(H,17,18,20);;/q;+1;-1. The molecule has 0 aliphatic rings. The van der Waals surface area contributed by atoms with Gasteiger partial charge in [0.2, 0.25) is 0 Å². The van der Waals surface area contributed by atoms with Crippen LogP contribution in [0.5, 0.6) is 0 Å². The van der Waals surface area contributed by atoms with Gasteiger partial charge in [-0.05, 0) is 19.1 Å². The van der Waals surface area contributed by atoms with Crippen molar-refractivity contribution in [2.75, 3.05) is 5.32 Å². The number of halogens is 1. The summed E-state index contributed by atoms with van der Waals surface area (Å²) in [7, 11) is 0. The summed E-state index contributed by atoms with van der Waals surface area (Å²) in [6, 6.07) is 6.62. The number of fused-ring (bicyclic) bond motifs is 1.